The number of benzene rings is 2. The average Bonchev–Trinajstić information content (AvgIpc) is 3.82. The number of piperazine rings is 1. The maximum Gasteiger partial charge on any atom is 0.258 e. The summed E-state index contributed by atoms with van der Waals surface area (Å²) in [6.45, 7) is 14.1. The second-order valence-corrected chi connectivity index (χ2v) is 22.2. The Hall–Kier alpha value is -4.88. The summed E-state index contributed by atoms with van der Waals surface area (Å²) in [6, 6.07) is 13.6. The largest absolute Gasteiger partial charge is 0.495 e. The molecular weight excluding hydrogens is 963 g/mol. The summed E-state index contributed by atoms with van der Waals surface area (Å²) in [4.78, 5) is 67.6. The van der Waals surface area contributed by atoms with Crippen molar-refractivity contribution in [1.82, 2.24) is 30.3 Å². The van der Waals surface area contributed by atoms with Gasteiger partial charge in [0.25, 0.3) is 11.8 Å². The van der Waals surface area contributed by atoms with E-state index in [0.717, 1.165) is 81.0 Å². The number of aldehydes is 1. The summed E-state index contributed by atoms with van der Waals surface area (Å²) in [5.41, 5.74) is 9.94. The molecule has 2 saturated heterocycles. The number of amidine groups is 1. The van der Waals surface area contributed by atoms with Crippen molar-refractivity contribution in [2.24, 2.45) is 27.6 Å². The first kappa shape index (κ1) is 57.0. The fourth-order valence-corrected chi connectivity index (χ4v) is 11.0. The lowest BCUT2D eigenvalue weighted by molar-refractivity contribution is -0.130. The number of aromatic nitrogens is 1. The molecule has 0 spiro atoms. The Bertz CT molecular complexity index is 2290. The first-order chi connectivity index (χ1) is 34.0. The molecule has 5 N–H and O–H groups in total. The number of thiazole rings is 1. The van der Waals surface area contributed by atoms with Gasteiger partial charge in [0, 0.05) is 68.9 Å². The third-order valence-electron chi connectivity index (χ3n) is 13.8. The van der Waals surface area contributed by atoms with Crippen molar-refractivity contribution in [3.05, 3.63) is 76.0 Å². The van der Waals surface area contributed by atoms with Gasteiger partial charge in [-0.25, -0.2) is 14.4 Å². The van der Waals surface area contributed by atoms with Gasteiger partial charge in [0.1, 0.15) is 17.1 Å². The summed E-state index contributed by atoms with van der Waals surface area (Å²) in [5, 5.41) is 8.62. The van der Waals surface area contributed by atoms with Crippen molar-refractivity contribution < 1.29 is 28.3 Å². The smallest absolute Gasteiger partial charge is 0.258 e. The van der Waals surface area contributed by atoms with Gasteiger partial charge < -0.3 is 41.0 Å². The van der Waals surface area contributed by atoms with Crippen LogP contribution in [0.4, 0.5) is 10.1 Å². The molecule has 2 unspecified atom stereocenters. The number of methoxy groups -OCH3 is 1. The highest BCUT2D eigenvalue weighted by atomic mass is 35.5. The monoisotopic (exact) mass is 1040 g/mol. The molecule has 4 fully saturated rings. The lowest BCUT2D eigenvalue weighted by atomic mass is 9.82. The van der Waals surface area contributed by atoms with Gasteiger partial charge in [-0.05, 0) is 140 Å². The number of rotatable bonds is 18. The van der Waals surface area contributed by atoms with Crippen LogP contribution in [0.5, 0.6) is 5.75 Å². The van der Waals surface area contributed by atoms with E-state index in [1.807, 2.05) is 43.3 Å². The Morgan fingerprint density at radius 2 is 1.75 bits per heavy atom. The van der Waals surface area contributed by atoms with Gasteiger partial charge in [0.05, 0.1) is 41.3 Å². The van der Waals surface area contributed by atoms with Crippen molar-refractivity contribution in [2.75, 3.05) is 71.5 Å². The molecule has 71 heavy (non-hydrogen) atoms. The zero-order valence-electron chi connectivity index (χ0n) is 42.4. The predicted molar refractivity (Wildman–Crippen MR) is 289 cm³/mol. The molecule has 0 radical (unpaired) electrons. The Labute approximate surface area is 433 Å². The molecule has 7 rings (SSSR count). The minimum absolute atomic E-state index is 0.0279. The van der Waals surface area contributed by atoms with Crippen molar-refractivity contribution in [3.63, 3.8) is 0 Å². The highest BCUT2D eigenvalue weighted by Gasteiger charge is 2.52. The lowest BCUT2D eigenvalue weighted by Gasteiger charge is -2.38. The zero-order chi connectivity index (χ0) is 51.6. The van der Waals surface area contributed by atoms with Crippen LogP contribution in [0.25, 0.3) is 10.4 Å². The molecule has 3 amide bonds. The first-order valence-corrected chi connectivity index (χ1v) is 26.8. The quantitative estimate of drug-likeness (QED) is 0.0551. The summed E-state index contributed by atoms with van der Waals surface area (Å²) >= 11 is 9.60. The molecule has 2 saturated carbocycles. The van der Waals surface area contributed by atoms with Crippen molar-refractivity contribution in [1.29, 1.82) is 0 Å². The Morgan fingerprint density at radius 1 is 1.06 bits per heavy atom. The fraction of sp³-hybridized carbons (Fsp3) is 0.558. The molecule has 3 aromatic rings. The number of alkyl halides is 1. The van der Waals surface area contributed by atoms with E-state index in [-0.39, 0.29) is 29.6 Å². The Kier molecular flexibility index (Phi) is 22.3. The summed E-state index contributed by atoms with van der Waals surface area (Å²) in [6.07, 6.45) is 11.9. The summed E-state index contributed by atoms with van der Waals surface area (Å²) in [5.74, 6) is 2.18. The highest BCUT2D eigenvalue weighted by Crippen LogP contribution is 2.41. The lowest BCUT2D eigenvalue weighted by Crippen LogP contribution is -2.51. The van der Waals surface area contributed by atoms with Crippen molar-refractivity contribution >= 4 is 77.1 Å². The number of hydrogen-bond donors (Lipinski definition) is 4. The van der Waals surface area contributed by atoms with Crippen LogP contribution in [0, 0.1) is 18.8 Å². The molecular formula is C52H74ClFN10O5S2. The molecule has 3 heterocycles. The SMILES string of the molecule is CC1CCCN1C.CN=C(N=CN)/C(Cl)=C\Nc1ccc(C(=O)N2CCN(CC3CCC(CSC(C)(C)C(C=O)NC(=O)C4(F)CC4)CC3)CC2)cc1OC.Cc1ncsc1-c1ccc(CNC=O)cc1. The number of amides is 3. The van der Waals surface area contributed by atoms with E-state index in [0.29, 0.717) is 54.9 Å². The van der Waals surface area contributed by atoms with Crippen LogP contribution in [0.2, 0.25) is 0 Å². The van der Waals surface area contributed by atoms with Gasteiger partial charge in [-0.2, -0.15) is 11.8 Å². The number of likely N-dealkylation sites (tertiary alicyclic amines) is 1. The number of anilines is 1. The molecule has 0 bridgehead atoms. The minimum atomic E-state index is -1.79. The number of carbonyl (C=O) groups is 4. The van der Waals surface area contributed by atoms with E-state index in [1.165, 1.54) is 36.0 Å². The van der Waals surface area contributed by atoms with E-state index in [4.69, 9.17) is 22.1 Å². The van der Waals surface area contributed by atoms with Gasteiger partial charge in [0.2, 0.25) is 6.41 Å². The van der Waals surface area contributed by atoms with Gasteiger partial charge in [0.15, 0.2) is 11.5 Å². The second kappa shape index (κ2) is 27.8. The number of aliphatic imine (C=N–C) groups is 2. The van der Waals surface area contributed by atoms with Crippen molar-refractivity contribution in [3.8, 4) is 16.2 Å². The van der Waals surface area contributed by atoms with Crippen LogP contribution in [-0.4, -0.2) is 145 Å². The van der Waals surface area contributed by atoms with Crippen LogP contribution in [0.15, 0.2) is 69.2 Å². The zero-order valence-corrected chi connectivity index (χ0v) is 44.8. The van der Waals surface area contributed by atoms with E-state index in [9.17, 15) is 23.6 Å². The predicted octanol–water partition coefficient (Wildman–Crippen LogP) is 7.93. The number of hydrogen-bond acceptors (Lipinski definition) is 12. The topological polar surface area (TPSA) is 187 Å². The average molecular weight is 1040 g/mol. The number of carbonyl (C=O) groups excluding carboxylic acids is 4. The number of nitrogens with one attached hydrogen (secondary N) is 3. The van der Waals surface area contributed by atoms with Gasteiger partial charge in [-0.1, -0.05) is 35.9 Å². The fourth-order valence-electron chi connectivity index (χ4n) is 8.70. The van der Waals surface area contributed by atoms with Crippen LogP contribution in [0.3, 0.4) is 0 Å². The second-order valence-electron chi connectivity index (χ2n) is 19.3. The molecule has 19 heteroatoms. The third kappa shape index (κ3) is 17.1. The number of halogens is 2. The molecule has 2 aliphatic carbocycles. The maximum atomic E-state index is 14.1. The Morgan fingerprint density at radius 3 is 2.28 bits per heavy atom. The molecule has 2 aliphatic heterocycles. The van der Waals surface area contributed by atoms with E-state index in [1.54, 1.807) is 55.5 Å². The standard InChI is InChI=1S/C34H49ClFN7O4S.C12H12N2OS.C6H13N/c1-33(2,29(20-44)41-32(46)34(36)11-12-34)48-21-24-7-5-23(6-8-24)19-42-13-15-43(16-14-42)31(45)25-9-10-27(28(17-25)47-4)39-18-26(35)30(38-3)40-22-37;1-9-12(16-8-14-9)11-4-2-10(3-5-11)6-13-7-15;1-6-4-3-5-7(6)2/h9-10,17-18,20,22-24,29,39H,5-8,11-16,19,21H2,1-4H3,(H,41,46)(H2,37,38,40);2-5,7-8H,6H2,1H3,(H,13,15);6H,3-5H2,1-2H3/b26-18+;;. The van der Waals surface area contributed by atoms with Crippen LogP contribution < -0.4 is 26.4 Å². The van der Waals surface area contributed by atoms with E-state index < -0.39 is 22.4 Å². The third-order valence-corrected chi connectivity index (χ3v) is 16.7. The number of ether oxygens (including phenoxy) is 1. The number of nitrogens with zero attached hydrogens (tertiary/aromatic N) is 6. The molecule has 15 nitrogen and oxygen atoms in total. The minimum Gasteiger partial charge on any atom is -0.495 e. The molecule has 2 atom stereocenters. The van der Waals surface area contributed by atoms with Crippen LogP contribution >= 0.6 is 34.7 Å². The van der Waals surface area contributed by atoms with Crippen molar-refractivity contribution in [2.45, 2.75) is 108 Å². The van der Waals surface area contributed by atoms with Gasteiger partial charge >= 0.3 is 0 Å². The summed E-state index contributed by atoms with van der Waals surface area (Å²) in [7, 11) is 5.30. The first-order valence-electron chi connectivity index (χ1n) is 24.5. The van der Waals surface area contributed by atoms with Crippen LogP contribution in [-0.2, 0) is 20.9 Å². The van der Waals surface area contributed by atoms with Crippen LogP contribution in [0.1, 0.15) is 93.8 Å². The van der Waals surface area contributed by atoms with Gasteiger partial charge in [-0.3, -0.25) is 24.3 Å². The van der Waals surface area contributed by atoms with E-state index in [2.05, 4.69) is 66.8 Å². The number of nitrogens with two attached hydrogens (primary N) is 1. The molecule has 388 valence electrons. The number of thioether (sulfide) groups is 1. The summed E-state index contributed by atoms with van der Waals surface area (Å²) < 4.78 is 19.2. The van der Waals surface area contributed by atoms with E-state index >= 15 is 0 Å². The molecule has 2 aromatic carbocycles. The van der Waals surface area contributed by atoms with Gasteiger partial charge in [-0.15, -0.1) is 11.3 Å². The molecule has 4 aliphatic rings. The molecule has 1 aromatic heterocycles. The maximum absolute atomic E-state index is 14.1. The normalized spacial score (nSPS) is 21.0. The highest BCUT2D eigenvalue weighted by molar-refractivity contribution is 8.00. The Balaban J connectivity index is 0.000000329. The number of aryl methyl sites for hydroxylation is 1.